The van der Waals surface area contributed by atoms with Gasteiger partial charge in [0.25, 0.3) is 5.91 Å². The van der Waals surface area contributed by atoms with Crippen molar-refractivity contribution in [2.75, 3.05) is 6.54 Å². The number of carbonyl (C=O) groups is 2. The highest BCUT2D eigenvalue weighted by Gasteiger charge is 2.15. The summed E-state index contributed by atoms with van der Waals surface area (Å²) in [6.45, 7) is 5.58. The molecule has 0 unspecified atom stereocenters. The number of amides is 1. The van der Waals surface area contributed by atoms with E-state index < -0.39 is 6.16 Å². The monoisotopic (exact) mass is 499 g/mol. The molecule has 1 amide bonds. The Hall–Kier alpha value is -4.13. The molecule has 3 aromatic carbocycles. The fourth-order valence-electron chi connectivity index (χ4n) is 4.36. The van der Waals surface area contributed by atoms with Gasteiger partial charge in [0.1, 0.15) is 11.6 Å². The Balaban J connectivity index is 1.60. The van der Waals surface area contributed by atoms with Crippen LogP contribution in [-0.2, 0) is 13.0 Å². The van der Waals surface area contributed by atoms with Gasteiger partial charge in [0, 0.05) is 30.6 Å². The van der Waals surface area contributed by atoms with Crippen LogP contribution in [0.4, 0.5) is 4.79 Å². The summed E-state index contributed by atoms with van der Waals surface area (Å²) in [5, 5.41) is 12.0. The van der Waals surface area contributed by atoms with E-state index in [9.17, 15) is 9.59 Å². The van der Waals surface area contributed by atoms with Crippen LogP contribution in [0, 0.1) is 0 Å². The summed E-state index contributed by atoms with van der Waals surface area (Å²) < 4.78 is 7.17. The second-order valence-corrected chi connectivity index (χ2v) is 9.09. The molecule has 0 saturated heterocycles. The zero-order chi connectivity index (χ0) is 26.2. The van der Waals surface area contributed by atoms with Crippen LogP contribution in [0.25, 0.3) is 22.2 Å². The summed E-state index contributed by atoms with van der Waals surface area (Å²) in [4.78, 5) is 28.5. The van der Waals surface area contributed by atoms with E-state index in [2.05, 4.69) is 23.7 Å². The van der Waals surface area contributed by atoms with Crippen LogP contribution >= 0.6 is 0 Å². The van der Waals surface area contributed by atoms with Crippen LogP contribution in [0.3, 0.4) is 0 Å². The number of imidazole rings is 1. The van der Waals surface area contributed by atoms with Crippen molar-refractivity contribution in [3.05, 3.63) is 83.7 Å². The number of hydrogen-bond donors (Lipinski definition) is 2. The van der Waals surface area contributed by atoms with E-state index in [1.54, 1.807) is 12.1 Å². The predicted molar refractivity (Wildman–Crippen MR) is 145 cm³/mol. The number of unbranched alkanes of at least 4 members (excludes halogenated alkanes) is 2. The van der Waals surface area contributed by atoms with Crippen LogP contribution in [0.5, 0.6) is 5.75 Å². The molecule has 1 heterocycles. The van der Waals surface area contributed by atoms with Crippen molar-refractivity contribution in [2.45, 2.75) is 52.5 Å². The Morgan fingerprint density at radius 3 is 2.46 bits per heavy atom. The lowest BCUT2D eigenvalue weighted by molar-refractivity contribution is 0.0953. The van der Waals surface area contributed by atoms with Crippen molar-refractivity contribution < 1.29 is 19.4 Å². The highest BCUT2D eigenvalue weighted by atomic mass is 16.7. The molecule has 0 aliphatic carbocycles. The lowest BCUT2D eigenvalue weighted by atomic mass is 10.0. The van der Waals surface area contributed by atoms with Crippen molar-refractivity contribution in [3.63, 3.8) is 0 Å². The Bertz CT molecular complexity index is 1380. The number of carbonyl (C=O) groups excluding carboxylic acids is 1. The van der Waals surface area contributed by atoms with Gasteiger partial charge < -0.3 is 19.7 Å². The fraction of sp³-hybridized carbons (Fsp3) is 0.300. The third-order valence-corrected chi connectivity index (χ3v) is 6.35. The highest BCUT2D eigenvalue weighted by molar-refractivity contribution is 5.97. The number of carboxylic acid groups (broad SMARTS) is 1. The number of ether oxygens (including phenoxy) is 1. The molecule has 37 heavy (non-hydrogen) atoms. The normalized spacial score (nSPS) is 11.0. The molecule has 0 aliphatic heterocycles. The average Bonchev–Trinajstić information content (AvgIpc) is 3.24. The summed E-state index contributed by atoms with van der Waals surface area (Å²) in [6.07, 6.45) is 3.63. The summed E-state index contributed by atoms with van der Waals surface area (Å²) in [6, 6.07) is 20.9. The number of benzene rings is 3. The molecule has 0 fully saturated rings. The fourth-order valence-corrected chi connectivity index (χ4v) is 4.36. The van der Waals surface area contributed by atoms with Crippen molar-refractivity contribution in [2.24, 2.45) is 0 Å². The lowest BCUT2D eigenvalue weighted by Gasteiger charge is -2.12. The SMILES string of the molecule is CCCCNC(=O)c1ccc2c(c1)nc(CCCC)n2Cc1ccc(-c2ccccc2OC(=O)O)cc1. The summed E-state index contributed by atoms with van der Waals surface area (Å²) >= 11 is 0. The number of aryl methyl sites for hydroxylation is 1. The van der Waals surface area contributed by atoms with E-state index >= 15 is 0 Å². The molecule has 0 aliphatic rings. The highest BCUT2D eigenvalue weighted by Crippen LogP contribution is 2.30. The summed E-state index contributed by atoms with van der Waals surface area (Å²) in [5.41, 5.74) is 5.14. The van der Waals surface area contributed by atoms with Crippen LogP contribution < -0.4 is 10.1 Å². The lowest BCUT2D eigenvalue weighted by Crippen LogP contribution is -2.24. The van der Waals surface area contributed by atoms with E-state index in [0.717, 1.165) is 65.7 Å². The van der Waals surface area contributed by atoms with E-state index in [1.807, 2.05) is 54.6 Å². The van der Waals surface area contributed by atoms with Crippen molar-refractivity contribution in [1.29, 1.82) is 0 Å². The number of nitrogens with zero attached hydrogens (tertiary/aromatic N) is 2. The summed E-state index contributed by atoms with van der Waals surface area (Å²) in [5.74, 6) is 1.24. The first-order valence-corrected chi connectivity index (χ1v) is 12.9. The number of fused-ring (bicyclic) bond motifs is 1. The molecule has 2 N–H and O–H groups in total. The van der Waals surface area contributed by atoms with Crippen molar-refractivity contribution in [3.8, 4) is 16.9 Å². The number of para-hydroxylation sites is 1. The Labute approximate surface area is 217 Å². The smallest absolute Gasteiger partial charge is 0.449 e. The van der Waals surface area contributed by atoms with E-state index in [0.29, 0.717) is 24.4 Å². The first-order valence-electron chi connectivity index (χ1n) is 12.9. The van der Waals surface area contributed by atoms with E-state index in [-0.39, 0.29) is 5.91 Å². The van der Waals surface area contributed by atoms with E-state index in [4.69, 9.17) is 14.8 Å². The molecular weight excluding hydrogens is 466 g/mol. The van der Waals surface area contributed by atoms with Gasteiger partial charge in [-0.2, -0.15) is 0 Å². The second-order valence-electron chi connectivity index (χ2n) is 9.09. The van der Waals surface area contributed by atoms with Gasteiger partial charge in [-0.25, -0.2) is 9.78 Å². The first-order chi connectivity index (χ1) is 18.0. The predicted octanol–water partition coefficient (Wildman–Crippen LogP) is 6.68. The van der Waals surface area contributed by atoms with Crippen molar-refractivity contribution >= 4 is 23.1 Å². The number of hydrogen-bond acceptors (Lipinski definition) is 4. The summed E-state index contributed by atoms with van der Waals surface area (Å²) in [7, 11) is 0. The molecule has 7 heteroatoms. The average molecular weight is 500 g/mol. The van der Waals surface area contributed by atoms with Gasteiger partial charge in [-0.1, -0.05) is 69.2 Å². The van der Waals surface area contributed by atoms with Gasteiger partial charge in [0.05, 0.1) is 11.0 Å². The Morgan fingerprint density at radius 1 is 0.973 bits per heavy atom. The molecule has 4 rings (SSSR count). The molecule has 0 atom stereocenters. The maximum atomic E-state index is 12.6. The maximum absolute atomic E-state index is 12.6. The largest absolute Gasteiger partial charge is 0.511 e. The van der Waals surface area contributed by atoms with Crippen LogP contribution in [0.15, 0.2) is 66.7 Å². The molecular formula is C30H33N3O4. The van der Waals surface area contributed by atoms with Gasteiger partial charge >= 0.3 is 6.16 Å². The third kappa shape index (κ3) is 6.36. The van der Waals surface area contributed by atoms with Gasteiger partial charge in [-0.05, 0) is 48.2 Å². The Morgan fingerprint density at radius 2 is 1.73 bits per heavy atom. The zero-order valence-electron chi connectivity index (χ0n) is 21.4. The van der Waals surface area contributed by atoms with Gasteiger partial charge in [-0.15, -0.1) is 0 Å². The Kier molecular flexibility index (Phi) is 8.56. The van der Waals surface area contributed by atoms with Crippen molar-refractivity contribution in [1.82, 2.24) is 14.9 Å². The molecule has 0 spiro atoms. The van der Waals surface area contributed by atoms with Gasteiger partial charge in [-0.3, -0.25) is 4.79 Å². The van der Waals surface area contributed by atoms with Gasteiger partial charge in [0.2, 0.25) is 0 Å². The topological polar surface area (TPSA) is 93.5 Å². The number of aromatic nitrogens is 2. The molecule has 1 aromatic heterocycles. The number of rotatable bonds is 11. The zero-order valence-corrected chi connectivity index (χ0v) is 21.4. The minimum atomic E-state index is -1.34. The third-order valence-electron chi connectivity index (χ3n) is 6.35. The standard InChI is InChI=1S/C30H33N3O4/c1-3-5-11-28-32-25-19-23(29(34)31-18-6-4-2)16-17-26(25)33(28)20-21-12-14-22(15-13-21)24-9-7-8-10-27(24)37-30(35)36/h7-10,12-17,19H,3-6,11,18,20H2,1-2H3,(H,31,34)(H,35,36). The molecule has 0 bridgehead atoms. The maximum Gasteiger partial charge on any atom is 0.511 e. The molecule has 192 valence electrons. The first kappa shape index (κ1) is 25.9. The number of nitrogens with one attached hydrogen (secondary N) is 1. The van der Waals surface area contributed by atoms with Crippen LogP contribution in [0.1, 0.15) is 61.3 Å². The van der Waals surface area contributed by atoms with Gasteiger partial charge in [0.15, 0.2) is 0 Å². The molecule has 4 aromatic rings. The second kappa shape index (κ2) is 12.2. The van der Waals surface area contributed by atoms with Crippen LogP contribution in [-0.4, -0.2) is 33.3 Å². The molecule has 7 nitrogen and oxygen atoms in total. The van der Waals surface area contributed by atoms with Crippen LogP contribution in [0.2, 0.25) is 0 Å². The minimum absolute atomic E-state index is 0.0669. The molecule has 0 radical (unpaired) electrons. The molecule has 0 saturated carbocycles. The minimum Gasteiger partial charge on any atom is -0.449 e. The quantitative estimate of drug-likeness (QED) is 0.136. The van der Waals surface area contributed by atoms with E-state index in [1.165, 1.54) is 0 Å².